The lowest BCUT2D eigenvalue weighted by Crippen LogP contribution is -2.51. The summed E-state index contributed by atoms with van der Waals surface area (Å²) in [6.45, 7) is 55.8. The number of Topliss-reactive ketones (excluding diaryl/α,β-unsaturated/α-hetero) is 4. The topological polar surface area (TPSA) is 198 Å². The molecule has 506 valence electrons. The van der Waals surface area contributed by atoms with Gasteiger partial charge in [-0.05, 0) is 148 Å². The molecule has 0 spiro atoms. The van der Waals surface area contributed by atoms with Gasteiger partial charge in [-0.2, -0.15) is 4.98 Å². The Kier molecular flexibility index (Phi) is 18.0. The van der Waals surface area contributed by atoms with E-state index in [4.69, 9.17) is 46.0 Å². The van der Waals surface area contributed by atoms with Crippen LogP contribution >= 0.6 is 11.3 Å². The third-order valence-electron chi connectivity index (χ3n) is 23.4. The molecule has 7 heterocycles. The van der Waals surface area contributed by atoms with E-state index in [-0.39, 0.29) is 75.5 Å². The number of aromatic nitrogens is 8. The number of carbonyl (C=O) groups is 4. The van der Waals surface area contributed by atoms with Gasteiger partial charge >= 0.3 is 0 Å². The molecule has 0 aromatic carbocycles. The van der Waals surface area contributed by atoms with Gasteiger partial charge in [-0.15, -0.1) is 11.3 Å². The number of thiazole rings is 1. The van der Waals surface area contributed by atoms with Crippen LogP contribution in [0, 0.1) is 86.0 Å². The van der Waals surface area contributed by atoms with Crippen molar-refractivity contribution in [2.24, 2.45) is 45.8 Å². The van der Waals surface area contributed by atoms with Gasteiger partial charge in [0, 0.05) is 78.9 Å². The largest absolute Gasteiger partial charge is 0.481 e. The normalized spacial score (nSPS) is 27.2. The molecular weight excluding hydrogens is 1270 g/mol. The van der Waals surface area contributed by atoms with Gasteiger partial charge in [0.2, 0.25) is 28.7 Å². The van der Waals surface area contributed by atoms with Crippen LogP contribution in [0.2, 0.25) is 0 Å². The number of pyridine rings is 5. The highest BCUT2D eigenvalue weighted by Gasteiger charge is 2.58. The standard InChI is InChI=1S/2C22H21N3O.C21H21N3OS.C17H19N3O2/c1-21(2)18-8-6-15-5-7-16(14-9-11-24-12-10-14)25-19(15)22(18,3)13-17(23-4)20(21)26;1-21(2)18-11-9-14-8-10-16(15-7-5-6-12-24-15)25-19(14)22(18,3)13-17(23-4)20(21)26;1-12-23-16(11-26-12)14-8-6-13-7-9-17-20(2,3)19(25)15(22-5)10-21(17,4)18(13)24-14;1-9-12-7-6-11-15(19-10(2)20-16(11)22-5)17(12,3)8-13(18-4)14(9)21/h5,7,9-13,18H,6,8H2,1-3H3;5-8,10,12-13,18H,9,11H2,1-3H3;6,8,10-11,17H,7,9H2,1-4H3;8-9,12H,6-7H2,1-3,5H3/t2*18-,22-;17-,21-;9-,12-,17-/m0000/s1. The van der Waals surface area contributed by atoms with E-state index in [1.54, 1.807) is 37.0 Å². The van der Waals surface area contributed by atoms with Crippen molar-refractivity contribution in [2.75, 3.05) is 7.11 Å². The number of allylic oxidation sites excluding steroid dienone is 8. The number of ketones is 4. The minimum absolute atomic E-state index is 0.0373. The second-order valence-corrected chi connectivity index (χ2v) is 31.4. The van der Waals surface area contributed by atoms with Crippen LogP contribution in [0.4, 0.5) is 0 Å². The highest BCUT2D eigenvalue weighted by atomic mass is 32.1. The Bertz CT molecular complexity index is 4720. The summed E-state index contributed by atoms with van der Waals surface area (Å²) in [5.41, 5.74) is 11.5. The Morgan fingerprint density at radius 3 is 1.35 bits per heavy atom. The summed E-state index contributed by atoms with van der Waals surface area (Å²) in [5, 5.41) is 3.05. The third kappa shape index (κ3) is 11.5. The Balaban J connectivity index is 0.000000127. The molecule has 17 nitrogen and oxygen atoms in total. The number of aryl methyl sites for hydroxylation is 5. The first kappa shape index (κ1) is 69.7. The molecule has 0 aliphatic heterocycles. The second-order valence-electron chi connectivity index (χ2n) is 30.3. The van der Waals surface area contributed by atoms with E-state index < -0.39 is 37.9 Å². The lowest BCUT2D eigenvalue weighted by molar-refractivity contribution is -0.129. The maximum Gasteiger partial charge on any atom is 0.226 e. The van der Waals surface area contributed by atoms with E-state index in [0.29, 0.717) is 11.7 Å². The average Bonchev–Trinajstić information content (AvgIpc) is 0.778. The lowest BCUT2D eigenvalue weighted by atomic mass is 9.53. The summed E-state index contributed by atoms with van der Waals surface area (Å²) >= 11 is 1.62. The van der Waals surface area contributed by atoms with Crippen molar-refractivity contribution < 1.29 is 23.9 Å². The zero-order chi connectivity index (χ0) is 71.8. The van der Waals surface area contributed by atoms with Crippen LogP contribution < -0.4 is 4.74 Å². The van der Waals surface area contributed by atoms with Gasteiger partial charge in [0.25, 0.3) is 0 Å². The molecule has 100 heavy (non-hydrogen) atoms. The van der Waals surface area contributed by atoms with Gasteiger partial charge < -0.3 is 23.9 Å². The summed E-state index contributed by atoms with van der Waals surface area (Å²) in [4.78, 5) is 102. The van der Waals surface area contributed by atoms with Gasteiger partial charge in [-0.3, -0.25) is 24.9 Å². The quantitative estimate of drug-likeness (QED) is 0.151. The molecule has 0 saturated carbocycles. The predicted octanol–water partition coefficient (Wildman–Crippen LogP) is 16.1. The number of nitrogens with zero attached hydrogens (tertiary/aromatic N) is 12. The smallest absolute Gasteiger partial charge is 0.226 e. The summed E-state index contributed by atoms with van der Waals surface area (Å²) in [7, 11) is 1.61. The van der Waals surface area contributed by atoms with E-state index in [1.165, 1.54) is 16.7 Å². The third-order valence-corrected chi connectivity index (χ3v) is 24.1. The number of fused-ring (bicyclic) bond motifs is 12. The summed E-state index contributed by atoms with van der Waals surface area (Å²) in [6.07, 6.45) is 19.9. The van der Waals surface area contributed by atoms with Crippen molar-refractivity contribution in [3.63, 3.8) is 0 Å². The molecule has 7 aromatic rings. The van der Waals surface area contributed by atoms with Gasteiger partial charge in [-0.25, -0.2) is 29.3 Å². The first-order chi connectivity index (χ1) is 47.4. The Hall–Kier alpha value is -10.1. The van der Waals surface area contributed by atoms with Crippen molar-refractivity contribution in [1.82, 2.24) is 39.9 Å². The Morgan fingerprint density at radius 1 is 0.470 bits per heavy atom. The van der Waals surface area contributed by atoms with Crippen LogP contribution in [0.25, 0.3) is 53.4 Å². The molecule has 8 aliphatic rings. The first-order valence-corrected chi connectivity index (χ1v) is 35.1. The highest BCUT2D eigenvalue weighted by molar-refractivity contribution is 7.09. The van der Waals surface area contributed by atoms with E-state index in [2.05, 4.69) is 96.3 Å². The fourth-order valence-corrected chi connectivity index (χ4v) is 18.9. The monoisotopic (exact) mass is 1350 g/mol. The van der Waals surface area contributed by atoms with Crippen molar-refractivity contribution in [1.29, 1.82) is 0 Å². The Morgan fingerprint density at radius 2 is 0.920 bits per heavy atom. The number of hydrogen-bond donors (Lipinski definition) is 0. The van der Waals surface area contributed by atoms with E-state index in [0.717, 1.165) is 119 Å². The zero-order valence-electron chi connectivity index (χ0n) is 59.3. The minimum atomic E-state index is -0.566. The molecule has 18 heteroatoms. The van der Waals surface area contributed by atoms with E-state index in [9.17, 15) is 19.2 Å². The SMILES string of the molecule is [C-]#[N+]C1=C[C@]2(C)c3nc(-c4ccccn4)ccc3CC[C@H]2C(C)(C)C1=O.[C-]#[N+]C1=C[C@]2(C)c3nc(-c4ccncc4)ccc3CC[C@H]2C(C)(C)C1=O.[C-]#[N+]C1=C[C@]2(C)c3nc(-c4csc(C)n4)ccc3CC[C@H]2C(C)(C)C1=O.[C-]#[N+]C1=C[C@]2(C)c3nc(C)nc(OC)c3CC[C@H]2[C@H](C)C1=O. The van der Waals surface area contributed by atoms with Gasteiger partial charge in [0.1, 0.15) is 5.82 Å². The molecule has 0 amide bonds. The molecule has 0 unspecified atom stereocenters. The Labute approximate surface area is 590 Å². The van der Waals surface area contributed by atoms with Crippen LogP contribution in [-0.4, -0.2) is 70.1 Å². The average molecular weight is 1350 g/mol. The molecule has 9 atom stereocenters. The van der Waals surface area contributed by atoms with Crippen LogP contribution in [0.15, 0.2) is 138 Å². The number of methoxy groups -OCH3 is 1. The molecular formula is C82H82N12O5S. The summed E-state index contributed by atoms with van der Waals surface area (Å²) in [6, 6.07) is 22.2. The maximum atomic E-state index is 12.8. The van der Waals surface area contributed by atoms with Gasteiger partial charge in [0.15, 0.2) is 23.1 Å². The molecule has 15 rings (SSSR count). The molecule has 0 saturated heterocycles. The molecule has 0 fully saturated rings. The number of rotatable bonds is 4. The fourth-order valence-electron chi connectivity index (χ4n) is 18.3. The van der Waals surface area contributed by atoms with Crippen molar-refractivity contribution in [3.8, 4) is 39.9 Å². The molecule has 8 aliphatic carbocycles. The summed E-state index contributed by atoms with van der Waals surface area (Å²) < 4.78 is 5.42. The number of hydrogen-bond acceptors (Lipinski definition) is 14. The van der Waals surface area contributed by atoms with Gasteiger partial charge in [0.05, 0.1) is 89.7 Å². The molecule has 0 bridgehead atoms. The number of carbonyl (C=O) groups excluding carboxylic acids is 4. The first-order valence-electron chi connectivity index (χ1n) is 34.2. The van der Waals surface area contributed by atoms with Crippen molar-refractivity contribution >= 4 is 34.5 Å². The van der Waals surface area contributed by atoms with Crippen molar-refractivity contribution in [3.05, 3.63) is 239 Å². The van der Waals surface area contributed by atoms with E-state index >= 15 is 0 Å². The zero-order valence-corrected chi connectivity index (χ0v) is 60.1. The van der Waals surface area contributed by atoms with E-state index in [1.807, 2.05) is 134 Å². The van der Waals surface area contributed by atoms with Crippen LogP contribution in [0.3, 0.4) is 0 Å². The second kappa shape index (κ2) is 25.9. The van der Waals surface area contributed by atoms with Crippen molar-refractivity contribution in [2.45, 2.75) is 163 Å². The van der Waals surface area contributed by atoms with Crippen LogP contribution in [-0.2, 0) is 66.5 Å². The van der Waals surface area contributed by atoms with Gasteiger partial charge in [-0.1, -0.05) is 125 Å². The molecule has 7 aromatic heterocycles. The van der Waals surface area contributed by atoms with Crippen LogP contribution in [0.1, 0.15) is 158 Å². The molecule has 0 N–H and O–H groups in total. The molecule has 0 radical (unpaired) electrons. The summed E-state index contributed by atoms with van der Waals surface area (Å²) in [5.74, 6) is 1.52. The predicted molar refractivity (Wildman–Crippen MR) is 384 cm³/mol. The van der Waals surface area contributed by atoms with Crippen LogP contribution in [0.5, 0.6) is 5.88 Å². The lowest BCUT2D eigenvalue weighted by Gasteiger charge is -2.50. The minimum Gasteiger partial charge on any atom is -0.481 e. The maximum absolute atomic E-state index is 12.8. The number of ether oxygens (including phenoxy) is 1. The fraction of sp³-hybridized carbons (Fsp3) is 0.415. The highest BCUT2D eigenvalue weighted by Crippen LogP contribution is 2.58.